The Morgan fingerprint density at radius 1 is 1.00 bits per heavy atom. The summed E-state index contributed by atoms with van der Waals surface area (Å²) >= 11 is 1.31. The second kappa shape index (κ2) is 13.4. The van der Waals surface area contributed by atoms with E-state index < -0.39 is 12.0 Å². The van der Waals surface area contributed by atoms with Crippen molar-refractivity contribution in [3.05, 3.63) is 144 Å². The van der Waals surface area contributed by atoms with E-state index in [1.165, 1.54) is 11.3 Å². The maximum Gasteiger partial charge on any atom is 0.338 e. The number of esters is 1. The molecule has 1 aliphatic rings. The first-order valence-electron chi connectivity index (χ1n) is 16.3. The third kappa shape index (κ3) is 5.64. The van der Waals surface area contributed by atoms with Crippen LogP contribution in [0.4, 0.5) is 0 Å². The van der Waals surface area contributed by atoms with Crippen LogP contribution in [0.5, 0.6) is 5.75 Å². The van der Waals surface area contributed by atoms with Gasteiger partial charge in [0.25, 0.3) is 5.56 Å². The molecule has 8 nitrogen and oxygen atoms in total. The largest absolute Gasteiger partial charge is 0.496 e. The van der Waals surface area contributed by atoms with Crippen LogP contribution >= 0.6 is 11.3 Å². The fourth-order valence-electron chi connectivity index (χ4n) is 6.74. The van der Waals surface area contributed by atoms with Crippen LogP contribution in [0.25, 0.3) is 27.8 Å². The van der Waals surface area contributed by atoms with E-state index in [-0.39, 0.29) is 12.2 Å². The first-order valence-corrected chi connectivity index (χ1v) is 17.1. The van der Waals surface area contributed by atoms with E-state index in [1.807, 2.05) is 104 Å². The summed E-state index contributed by atoms with van der Waals surface area (Å²) in [5, 5.41) is 12.5. The number of para-hydroxylation sites is 1. The predicted molar refractivity (Wildman–Crippen MR) is 192 cm³/mol. The van der Waals surface area contributed by atoms with Gasteiger partial charge in [-0.15, -0.1) is 0 Å². The van der Waals surface area contributed by atoms with E-state index in [0.29, 0.717) is 50.4 Å². The highest BCUT2D eigenvalue weighted by Crippen LogP contribution is 2.41. The maximum atomic E-state index is 14.7. The summed E-state index contributed by atoms with van der Waals surface area (Å²) < 4.78 is 15.8. The number of allylic oxidation sites excluding steroid dienone is 1. The highest BCUT2D eigenvalue weighted by Gasteiger charge is 2.37. The summed E-state index contributed by atoms with van der Waals surface area (Å²) in [5.74, 6) is 0.0724. The monoisotopic (exact) mass is 666 g/mol. The number of nitriles is 1. The Morgan fingerprint density at radius 2 is 1.76 bits per heavy atom. The summed E-state index contributed by atoms with van der Waals surface area (Å²) in [6.45, 7) is 4.51. The lowest BCUT2D eigenvalue weighted by molar-refractivity contribution is -0.139. The molecule has 0 radical (unpaired) electrons. The number of thiazole rings is 1. The highest BCUT2D eigenvalue weighted by molar-refractivity contribution is 7.07. The Labute approximate surface area is 287 Å². The number of rotatable bonds is 9. The van der Waals surface area contributed by atoms with Crippen molar-refractivity contribution < 1.29 is 14.3 Å². The molecule has 0 spiro atoms. The lowest BCUT2D eigenvalue weighted by Crippen LogP contribution is -2.40. The van der Waals surface area contributed by atoms with Gasteiger partial charge in [0.1, 0.15) is 11.8 Å². The Morgan fingerprint density at radius 3 is 2.53 bits per heavy atom. The van der Waals surface area contributed by atoms with E-state index in [1.54, 1.807) is 18.6 Å². The number of carbonyl (C=O) groups is 1. The molecule has 1 atom stereocenters. The number of methoxy groups -OCH3 is 1. The molecule has 3 heterocycles. The number of nitrogens with zero attached hydrogens (tertiary/aromatic N) is 4. The zero-order chi connectivity index (χ0) is 34.1. The van der Waals surface area contributed by atoms with Crippen LogP contribution in [-0.4, -0.2) is 28.8 Å². The fourth-order valence-corrected chi connectivity index (χ4v) is 7.75. The van der Waals surface area contributed by atoms with Crippen molar-refractivity contribution in [3.8, 4) is 11.8 Å². The minimum absolute atomic E-state index is 0.189. The standard InChI is InChI=1S/C40H34N4O4S/c1-4-12-31-36(39(46)48-5-2)37(35-30-17-9-8-13-25(30)19-20-33(35)47-3)44-38(45)34(49-40(44)42-31)21-28-24-43(32-18-11-10-16-29(28)32)23-27-15-7-6-14-26(27)22-41/h6-11,13-21,24,37H,4-5,12,23H2,1-3H3/b34-21+/t37-/m1/s1. The fraction of sp³-hybridized carbons (Fsp3) is 0.200. The molecule has 2 aromatic heterocycles. The number of aromatic nitrogens is 2. The van der Waals surface area contributed by atoms with Crippen LogP contribution in [0.1, 0.15) is 55.0 Å². The van der Waals surface area contributed by atoms with Gasteiger partial charge in [0.15, 0.2) is 4.80 Å². The SMILES string of the molecule is CCCC1=C(C(=O)OCC)[C@@H](c2c(OC)ccc3ccccc23)n2c(s/c(=C/c3cn(Cc4ccccc4C#N)c4ccccc34)c2=O)=N1. The van der Waals surface area contributed by atoms with E-state index in [0.717, 1.165) is 39.2 Å². The van der Waals surface area contributed by atoms with Gasteiger partial charge in [0.05, 0.1) is 41.2 Å². The first-order chi connectivity index (χ1) is 24.0. The van der Waals surface area contributed by atoms with Crippen LogP contribution < -0.4 is 19.6 Å². The third-order valence-electron chi connectivity index (χ3n) is 8.90. The average molecular weight is 667 g/mol. The molecule has 9 heteroatoms. The van der Waals surface area contributed by atoms with Crippen molar-refractivity contribution in [3.63, 3.8) is 0 Å². The van der Waals surface area contributed by atoms with Crippen LogP contribution in [-0.2, 0) is 16.1 Å². The molecule has 0 saturated carbocycles. The van der Waals surface area contributed by atoms with Gasteiger partial charge in [-0.05, 0) is 54.0 Å². The van der Waals surface area contributed by atoms with E-state index in [2.05, 4.69) is 10.6 Å². The number of benzene rings is 4. The maximum absolute atomic E-state index is 14.7. The quantitative estimate of drug-likeness (QED) is 0.162. The van der Waals surface area contributed by atoms with Crippen LogP contribution in [0.2, 0.25) is 0 Å². The Kier molecular flexibility index (Phi) is 8.72. The topological polar surface area (TPSA) is 98.6 Å². The number of carbonyl (C=O) groups excluding carboxylic acids is 1. The van der Waals surface area contributed by atoms with Crippen molar-refractivity contribution in [2.24, 2.45) is 4.99 Å². The number of ether oxygens (including phenoxy) is 2. The summed E-state index contributed by atoms with van der Waals surface area (Å²) in [4.78, 5) is 34.0. The molecule has 0 bridgehead atoms. The van der Waals surface area contributed by atoms with Gasteiger partial charge in [0.2, 0.25) is 0 Å². The molecule has 0 aliphatic carbocycles. The van der Waals surface area contributed by atoms with Crippen molar-refractivity contribution in [1.29, 1.82) is 5.26 Å². The molecular formula is C40H34N4O4S. The van der Waals surface area contributed by atoms with Crippen molar-refractivity contribution >= 4 is 45.1 Å². The molecule has 0 saturated heterocycles. The predicted octanol–water partition coefficient (Wildman–Crippen LogP) is 6.61. The summed E-state index contributed by atoms with van der Waals surface area (Å²) in [6, 6.07) is 28.9. The second-order valence-corrected chi connectivity index (χ2v) is 12.8. The smallest absolute Gasteiger partial charge is 0.338 e. The molecule has 0 N–H and O–H groups in total. The van der Waals surface area contributed by atoms with Crippen molar-refractivity contribution in [2.45, 2.75) is 39.3 Å². The molecule has 0 amide bonds. The van der Waals surface area contributed by atoms with E-state index >= 15 is 0 Å². The van der Waals surface area contributed by atoms with Gasteiger partial charge >= 0.3 is 5.97 Å². The number of fused-ring (bicyclic) bond motifs is 3. The normalized spacial score (nSPS) is 14.5. The van der Waals surface area contributed by atoms with Gasteiger partial charge in [-0.25, -0.2) is 9.79 Å². The van der Waals surface area contributed by atoms with Gasteiger partial charge in [-0.2, -0.15) is 5.26 Å². The zero-order valence-corrected chi connectivity index (χ0v) is 28.3. The Hall–Kier alpha value is -5.72. The second-order valence-electron chi connectivity index (χ2n) is 11.8. The lowest BCUT2D eigenvalue weighted by Gasteiger charge is -2.28. The summed E-state index contributed by atoms with van der Waals surface area (Å²) in [7, 11) is 1.60. The van der Waals surface area contributed by atoms with Gasteiger partial charge in [-0.1, -0.05) is 91.4 Å². The molecule has 7 rings (SSSR count). The minimum atomic E-state index is -0.816. The van der Waals surface area contributed by atoms with Crippen LogP contribution in [0.15, 0.2) is 112 Å². The minimum Gasteiger partial charge on any atom is -0.496 e. The van der Waals surface area contributed by atoms with Gasteiger partial charge in [-0.3, -0.25) is 9.36 Å². The van der Waals surface area contributed by atoms with E-state index in [4.69, 9.17) is 14.5 Å². The molecule has 0 unspecified atom stereocenters. The molecule has 0 fully saturated rings. The van der Waals surface area contributed by atoms with Crippen LogP contribution in [0, 0.1) is 11.3 Å². The zero-order valence-electron chi connectivity index (χ0n) is 27.5. The van der Waals surface area contributed by atoms with Gasteiger partial charge < -0.3 is 14.0 Å². The first kappa shape index (κ1) is 31.9. The van der Waals surface area contributed by atoms with Crippen molar-refractivity contribution in [1.82, 2.24) is 9.13 Å². The van der Waals surface area contributed by atoms with Gasteiger partial charge in [0, 0.05) is 34.8 Å². The Balaban J connectivity index is 1.48. The summed E-state index contributed by atoms with van der Waals surface area (Å²) in [5.41, 5.74) is 4.82. The molecule has 1 aliphatic heterocycles. The third-order valence-corrected chi connectivity index (χ3v) is 9.88. The molecule has 6 aromatic rings. The summed E-state index contributed by atoms with van der Waals surface area (Å²) in [6.07, 6.45) is 5.23. The lowest BCUT2D eigenvalue weighted by atomic mass is 9.90. The number of hydrogen-bond donors (Lipinski definition) is 0. The number of hydrogen-bond acceptors (Lipinski definition) is 7. The molecular weight excluding hydrogens is 633 g/mol. The molecule has 244 valence electrons. The van der Waals surface area contributed by atoms with Crippen molar-refractivity contribution in [2.75, 3.05) is 13.7 Å². The Bertz CT molecular complexity index is 2510. The average Bonchev–Trinajstić information content (AvgIpc) is 3.63. The van der Waals surface area contributed by atoms with E-state index in [9.17, 15) is 14.9 Å². The molecule has 4 aromatic carbocycles. The highest BCUT2D eigenvalue weighted by atomic mass is 32.1. The molecule has 49 heavy (non-hydrogen) atoms. The van der Waals surface area contributed by atoms with Crippen LogP contribution in [0.3, 0.4) is 0 Å².